The molecular formula is C8H9ClF3NOS. The number of hydrogen-bond acceptors (Lipinski definition) is 3. The van der Waals surface area contributed by atoms with E-state index in [9.17, 15) is 13.2 Å². The predicted molar refractivity (Wildman–Crippen MR) is 53.9 cm³/mol. The van der Waals surface area contributed by atoms with Gasteiger partial charge in [-0.05, 0) is 23.7 Å². The highest BCUT2D eigenvalue weighted by atomic mass is 35.5. The summed E-state index contributed by atoms with van der Waals surface area (Å²) in [4.78, 5) is 0. The first kappa shape index (κ1) is 12.7. The van der Waals surface area contributed by atoms with Crippen LogP contribution >= 0.6 is 23.4 Å². The quantitative estimate of drug-likeness (QED) is 0.903. The van der Waals surface area contributed by atoms with Gasteiger partial charge in [-0.3, -0.25) is 0 Å². The molecule has 1 rings (SSSR count). The Bertz CT molecular complexity index is 315. The van der Waals surface area contributed by atoms with E-state index >= 15 is 0 Å². The third kappa shape index (κ3) is 3.96. The van der Waals surface area contributed by atoms with Crippen LogP contribution in [0.15, 0.2) is 16.5 Å². The van der Waals surface area contributed by atoms with Crippen molar-refractivity contribution in [3.8, 4) is 0 Å². The lowest BCUT2D eigenvalue weighted by molar-refractivity contribution is -0.126. The van der Waals surface area contributed by atoms with Crippen molar-refractivity contribution in [3.05, 3.63) is 23.1 Å². The predicted octanol–water partition coefficient (Wildman–Crippen LogP) is 3.06. The van der Waals surface area contributed by atoms with Gasteiger partial charge in [0, 0.05) is 6.54 Å². The van der Waals surface area contributed by atoms with Crippen LogP contribution in [0.2, 0.25) is 5.22 Å². The van der Waals surface area contributed by atoms with Gasteiger partial charge in [-0.2, -0.15) is 13.2 Å². The highest BCUT2D eigenvalue weighted by molar-refractivity contribution is 7.99. The first-order valence-corrected chi connectivity index (χ1v) is 5.48. The van der Waals surface area contributed by atoms with E-state index in [4.69, 9.17) is 21.8 Å². The Balaban J connectivity index is 2.48. The fourth-order valence-corrected chi connectivity index (χ4v) is 1.92. The lowest BCUT2D eigenvalue weighted by Gasteiger charge is -2.16. The standard InChI is InChI=1S/C8H9ClF3NOS/c9-7-2-1-5(14-7)4-15-6(3-13)8(10,11)12/h1-2,6H,3-4,13H2. The molecule has 0 aliphatic rings. The molecule has 0 saturated heterocycles. The number of thioether (sulfide) groups is 1. The molecule has 15 heavy (non-hydrogen) atoms. The number of nitrogens with two attached hydrogens (primary N) is 1. The van der Waals surface area contributed by atoms with Crippen molar-refractivity contribution in [1.29, 1.82) is 0 Å². The van der Waals surface area contributed by atoms with Gasteiger partial charge in [0.15, 0.2) is 5.22 Å². The van der Waals surface area contributed by atoms with Crippen LogP contribution < -0.4 is 5.73 Å². The molecule has 0 amide bonds. The van der Waals surface area contributed by atoms with Crippen LogP contribution in [-0.2, 0) is 5.75 Å². The van der Waals surface area contributed by atoms with E-state index in [2.05, 4.69) is 0 Å². The molecule has 0 spiro atoms. The molecule has 7 heteroatoms. The minimum absolute atomic E-state index is 0.105. The summed E-state index contributed by atoms with van der Waals surface area (Å²) in [5, 5.41) is -1.40. The van der Waals surface area contributed by atoms with Gasteiger partial charge in [0.05, 0.1) is 5.75 Å². The van der Waals surface area contributed by atoms with E-state index in [1.54, 1.807) is 6.07 Å². The van der Waals surface area contributed by atoms with Crippen LogP contribution in [0.1, 0.15) is 5.76 Å². The molecule has 0 aliphatic heterocycles. The van der Waals surface area contributed by atoms with Crippen LogP contribution in [0.25, 0.3) is 0 Å². The van der Waals surface area contributed by atoms with Gasteiger partial charge in [0.1, 0.15) is 11.0 Å². The van der Waals surface area contributed by atoms with Crippen molar-refractivity contribution < 1.29 is 17.6 Å². The molecule has 1 aromatic rings. The SMILES string of the molecule is NCC(SCc1ccc(Cl)o1)C(F)(F)F. The zero-order valence-electron chi connectivity index (χ0n) is 7.55. The van der Waals surface area contributed by atoms with Crippen LogP contribution in [0.5, 0.6) is 0 Å². The van der Waals surface area contributed by atoms with Crippen molar-refractivity contribution in [3.63, 3.8) is 0 Å². The minimum atomic E-state index is -4.28. The summed E-state index contributed by atoms with van der Waals surface area (Å²) in [5.41, 5.74) is 5.03. The van der Waals surface area contributed by atoms with Crippen LogP contribution in [-0.4, -0.2) is 18.0 Å². The zero-order valence-corrected chi connectivity index (χ0v) is 9.12. The maximum absolute atomic E-state index is 12.3. The summed E-state index contributed by atoms with van der Waals surface area (Å²) in [6.45, 7) is -0.442. The lowest BCUT2D eigenvalue weighted by Crippen LogP contribution is -2.33. The van der Waals surface area contributed by atoms with E-state index in [0.717, 1.165) is 0 Å². The molecule has 1 atom stereocenters. The molecule has 1 aromatic heterocycles. The van der Waals surface area contributed by atoms with Crippen LogP contribution in [0.4, 0.5) is 13.2 Å². The molecule has 86 valence electrons. The van der Waals surface area contributed by atoms with E-state index in [-0.39, 0.29) is 11.0 Å². The third-order valence-corrected chi connectivity index (χ3v) is 3.15. The monoisotopic (exact) mass is 259 g/mol. The maximum atomic E-state index is 12.3. The second-order valence-electron chi connectivity index (χ2n) is 2.78. The Hall–Kier alpha value is -0.330. The average Bonchev–Trinajstić information content (AvgIpc) is 2.50. The fraction of sp³-hybridized carbons (Fsp3) is 0.500. The van der Waals surface area contributed by atoms with Gasteiger partial charge >= 0.3 is 6.18 Å². The van der Waals surface area contributed by atoms with Crippen LogP contribution in [0.3, 0.4) is 0 Å². The number of furan rings is 1. The van der Waals surface area contributed by atoms with Crippen molar-refractivity contribution >= 4 is 23.4 Å². The normalized spacial score (nSPS) is 14.2. The Labute approximate surface area is 93.9 Å². The van der Waals surface area contributed by atoms with Gasteiger partial charge < -0.3 is 10.2 Å². The Kier molecular flexibility index (Phi) is 4.36. The molecule has 0 fully saturated rings. The maximum Gasteiger partial charge on any atom is 0.401 e. The van der Waals surface area contributed by atoms with Gasteiger partial charge in [-0.15, -0.1) is 11.8 Å². The van der Waals surface area contributed by atoms with Gasteiger partial charge in [0.2, 0.25) is 0 Å². The summed E-state index contributed by atoms with van der Waals surface area (Å²) < 4.78 is 41.7. The number of rotatable bonds is 4. The molecule has 1 unspecified atom stereocenters. The van der Waals surface area contributed by atoms with Gasteiger partial charge in [-0.1, -0.05) is 0 Å². The topological polar surface area (TPSA) is 39.2 Å². The van der Waals surface area contributed by atoms with E-state index < -0.39 is 18.0 Å². The van der Waals surface area contributed by atoms with E-state index in [1.807, 2.05) is 0 Å². The summed E-state index contributed by atoms with van der Waals surface area (Å²) in [6, 6.07) is 3.03. The largest absolute Gasteiger partial charge is 0.449 e. The number of halogens is 4. The minimum Gasteiger partial charge on any atom is -0.449 e. The summed E-state index contributed by atoms with van der Waals surface area (Å²) >= 11 is 6.17. The molecule has 0 saturated carbocycles. The fourth-order valence-electron chi connectivity index (χ4n) is 0.908. The van der Waals surface area contributed by atoms with Gasteiger partial charge in [-0.25, -0.2) is 0 Å². The number of hydrogen-bond donors (Lipinski definition) is 1. The van der Waals surface area contributed by atoms with E-state index in [1.165, 1.54) is 6.07 Å². The first-order chi connectivity index (χ1) is 6.93. The second kappa shape index (κ2) is 5.14. The van der Waals surface area contributed by atoms with E-state index in [0.29, 0.717) is 17.5 Å². The lowest BCUT2D eigenvalue weighted by atomic mass is 10.4. The first-order valence-electron chi connectivity index (χ1n) is 4.06. The highest BCUT2D eigenvalue weighted by Gasteiger charge is 2.38. The average molecular weight is 260 g/mol. The molecule has 2 nitrogen and oxygen atoms in total. The zero-order chi connectivity index (χ0) is 11.5. The molecule has 2 N–H and O–H groups in total. The molecule has 0 aromatic carbocycles. The molecular weight excluding hydrogens is 251 g/mol. The molecule has 1 heterocycles. The third-order valence-electron chi connectivity index (χ3n) is 1.63. The molecule has 0 radical (unpaired) electrons. The Morgan fingerprint density at radius 2 is 2.13 bits per heavy atom. The summed E-state index contributed by atoms with van der Waals surface area (Å²) in [6.07, 6.45) is -4.28. The molecule has 0 bridgehead atoms. The van der Waals surface area contributed by atoms with Crippen molar-refractivity contribution in [1.82, 2.24) is 0 Å². The Morgan fingerprint density at radius 3 is 2.53 bits per heavy atom. The van der Waals surface area contributed by atoms with Gasteiger partial charge in [0.25, 0.3) is 0 Å². The number of alkyl halides is 3. The van der Waals surface area contributed by atoms with Crippen molar-refractivity contribution in [2.45, 2.75) is 17.2 Å². The summed E-state index contributed by atoms with van der Waals surface area (Å²) in [5.74, 6) is 0.515. The Morgan fingerprint density at radius 1 is 1.47 bits per heavy atom. The van der Waals surface area contributed by atoms with Crippen molar-refractivity contribution in [2.24, 2.45) is 5.73 Å². The van der Waals surface area contributed by atoms with Crippen molar-refractivity contribution in [2.75, 3.05) is 6.54 Å². The molecule has 0 aliphatic carbocycles. The van der Waals surface area contributed by atoms with Crippen LogP contribution in [0, 0.1) is 0 Å². The smallest absolute Gasteiger partial charge is 0.401 e. The highest BCUT2D eigenvalue weighted by Crippen LogP contribution is 2.32. The second-order valence-corrected chi connectivity index (χ2v) is 4.35. The summed E-state index contributed by atoms with van der Waals surface area (Å²) in [7, 11) is 0.